The molecule has 1 N–H and O–H groups in total. The molecule has 1 aromatic carbocycles. The first-order valence-electron chi connectivity index (χ1n) is 7.59. The van der Waals surface area contributed by atoms with E-state index in [4.69, 9.17) is 4.74 Å². The van der Waals surface area contributed by atoms with Gasteiger partial charge in [0.1, 0.15) is 5.75 Å². The Morgan fingerprint density at radius 1 is 1.30 bits per heavy atom. The van der Waals surface area contributed by atoms with Gasteiger partial charge in [0.15, 0.2) is 0 Å². The molecule has 110 valence electrons. The molecule has 0 amide bonds. The minimum absolute atomic E-state index is 0. The van der Waals surface area contributed by atoms with Gasteiger partial charge in [-0.15, -0.1) is 12.4 Å². The fourth-order valence-electron chi connectivity index (χ4n) is 3.86. The van der Waals surface area contributed by atoms with Gasteiger partial charge in [0.25, 0.3) is 0 Å². The van der Waals surface area contributed by atoms with Crippen molar-refractivity contribution in [3.8, 4) is 5.75 Å². The Kier molecular flexibility index (Phi) is 4.20. The molecule has 2 unspecified atom stereocenters. The highest BCUT2D eigenvalue weighted by molar-refractivity contribution is 5.85. The highest BCUT2D eigenvalue weighted by atomic mass is 35.5. The van der Waals surface area contributed by atoms with Gasteiger partial charge >= 0.3 is 0 Å². The quantitative estimate of drug-likeness (QED) is 0.905. The van der Waals surface area contributed by atoms with E-state index in [1.54, 1.807) is 0 Å². The van der Waals surface area contributed by atoms with Crippen LogP contribution in [0.4, 0.5) is 0 Å². The van der Waals surface area contributed by atoms with Crippen LogP contribution < -0.4 is 10.1 Å². The molecule has 3 aliphatic heterocycles. The molecule has 0 radical (unpaired) electrons. The number of hydrogen-bond donors (Lipinski definition) is 1. The molecule has 3 aliphatic rings. The van der Waals surface area contributed by atoms with Gasteiger partial charge in [-0.2, -0.15) is 0 Å². The molecular formula is C16H23ClN2O. The van der Waals surface area contributed by atoms with Gasteiger partial charge in [-0.1, -0.05) is 12.1 Å². The Labute approximate surface area is 127 Å². The maximum absolute atomic E-state index is 5.58. The predicted molar refractivity (Wildman–Crippen MR) is 82.7 cm³/mol. The van der Waals surface area contributed by atoms with Crippen molar-refractivity contribution in [2.45, 2.75) is 31.8 Å². The number of rotatable bonds is 2. The van der Waals surface area contributed by atoms with Crippen molar-refractivity contribution >= 4 is 12.4 Å². The lowest BCUT2D eigenvalue weighted by Crippen LogP contribution is -2.43. The monoisotopic (exact) mass is 294 g/mol. The highest BCUT2D eigenvalue weighted by Gasteiger charge is 2.32. The Morgan fingerprint density at radius 2 is 2.25 bits per heavy atom. The summed E-state index contributed by atoms with van der Waals surface area (Å²) in [6.45, 7) is 5.70. The number of nitrogens with zero attached hydrogens (tertiary/aromatic N) is 1. The van der Waals surface area contributed by atoms with Crippen LogP contribution in [0.2, 0.25) is 0 Å². The molecule has 0 aromatic heterocycles. The van der Waals surface area contributed by atoms with Gasteiger partial charge in [0.2, 0.25) is 0 Å². The molecule has 0 saturated carbocycles. The van der Waals surface area contributed by atoms with Crippen molar-refractivity contribution in [1.29, 1.82) is 0 Å². The van der Waals surface area contributed by atoms with E-state index >= 15 is 0 Å². The third-order valence-electron chi connectivity index (χ3n) is 4.90. The van der Waals surface area contributed by atoms with E-state index in [-0.39, 0.29) is 12.4 Å². The zero-order valence-corrected chi connectivity index (χ0v) is 12.6. The first-order chi connectivity index (χ1) is 9.38. The Bertz CT molecular complexity index is 480. The zero-order valence-electron chi connectivity index (χ0n) is 11.8. The fraction of sp³-hybridized carbons (Fsp3) is 0.625. The van der Waals surface area contributed by atoms with E-state index in [9.17, 15) is 0 Å². The van der Waals surface area contributed by atoms with Gasteiger partial charge in [0.05, 0.1) is 6.61 Å². The lowest BCUT2D eigenvalue weighted by molar-refractivity contribution is 0.156. The molecule has 0 aliphatic carbocycles. The van der Waals surface area contributed by atoms with Crippen molar-refractivity contribution in [3.05, 3.63) is 29.3 Å². The number of fused-ring (bicyclic) bond motifs is 2. The summed E-state index contributed by atoms with van der Waals surface area (Å²) in [5, 5.41) is 3.63. The first kappa shape index (κ1) is 14.2. The Balaban J connectivity index is 0.00000121. The standard InChI is InChI=1S/C16H22N2O.ClH/c1-2-16-13(5-8-19-16)9-12(1)10-18-7-4-15-14(11-18)3-6-17-15;/h1-2,9,14-15,17H,3-8,10-11H2;1H. The number of nitrogens with one attached hydrogen (secondary N) is 1. The normalized spacial score (nSPS) is 28.4. The third-order valence-corrected chi connectivity index (χ3v) is 4.90. The maximum atomic E-state index is 5.58. The summed E-state index contributed by atoms with van der Waals surface area (Å²) in [6.07, 6.45) is 3.76. The Morgan fingerprint density at radius 3 is 3.20 bits per heavy atom. The van der Waals surface area contributed by atoms with Crippen LogP contribution >= 0.6 is 12.4 Å². The molecule has 1 aromatic rings. The van der Waals surface area contributed by atoms with Crippen LogP contribution in [0.5, 0.6) is 5.75 Å². The molecular weight excluding hydrogens is 272 g/mol. The minimum Gasteiger partial charge on any atom is -0.493 e. The van der Waals surface area contributed by atoms with E-state index in [0.29, 0.717) is 0 Å². The van der Waals surface area contributed by atoms with Crippen molar-refractivity contribution < 1.29 is 4.74 Å². The van der Waals surface area contributed by atoms with Gasteiger partial charge in [-0.05, 0) is 49.0 Å². The van der Waals surface area contributed by atoms with E-state index < -0.39 is 0 Å². The summed E-state index contributed by atoms with van der Waals surface area (Å²) in [7, 11) is 0. The van der Waals surface area contributed by atoms with Crippen LogP contribution in [-0.2, 0) is 13.0 Å². The van der Waals surface area contributed by atoms with E-state index in [0.717, 1.165) is 37.3 Å². The zero-order chi connectivity index (χ0) is 12.7. The van der Waals surface area contributed by atoms with Crippen LogP contribution in [0, 0.1) is 5.92 Å². The third kappa shape index (κ3) is 2.67. The van der Waals surface area contributed by atoms with Gasteiger partial charge in [-0.25, -0.2) is 0 Å². The first-order valence-corrected chi connectivity index (χ1v) is 7.59. The number of benzene rings is 1. The topological polar surface area (TPSA) is 24.5 Å². The van der Waals surface area contributed by atoms with E-state index in [1.165, 1.54) is 43.6 Å². The molecule has 2 fully saturated rings. The molecule has 2 atom stereocenters. The molecule has 4 rings (SSSR count). The summed E-state index contributed by atoms with van der Waals surface area (Å²) in [5.41, 5.74) is 2.85. The Hall–Kier alpha value is -0.770. The summed E-state index contributed by atoms with van der Waals surface area (Å²) < 4.78 is 5.58. The second-order valence-corrected chi connectivity index (χ2v) is 6.17. The van der Waals surface area contributed by atoms with Crippen LogP contribution in [0.1, 0.15) is 24.0 Å². The van der Waals surface area contributed by atoms with Gasteiger partial charge in [0, 0.05) is 25.6 Å². The molecule has 4 heteroatoms. The largest absolute Gasteiger partial charge is 0.493 e. The summed E-state index contributed by atoms with van der Waals surface area (Å²) in [4.78, 5) is 2.63. The maximum Gasteiger partial charge on any atom is 0.122 e. The average molecular weight is 295 g/mol. The van der Waals surface area contributed by atoms with Crippen molar-refractivity contribution in [1.82, 2.24) is 10.2 Å². The average Bonchev–Trinajstić information content (AvgIpc) is 3.05. The van der Waals surface area contributed by atoms with E-state index in [2.05, 4.69) is 28.4 Å². The number of ether oxygens (including phenoxy) is 1. The number of halogens is 1. The summed E-state index contributed by atoms with van der Waals surface area (Å²) in [5.74, 6) is 1.98. The minimum atomic E-state index is 0. The van der Waals surface area contributed by atoms with Crippen molar-refractivity contribution in [3.63, 3.8) is 0 Å². The van der Waals surface area contributed by atoms with Crippen molar-refractivity contribution in [2.24, 2.45) is 5.92 Å². The summed E-state index contributed by atoms with van der Waals surface area (Å²) >= 11 is 0. The second-order valence-electron chi connectivity index (χ2n) is 6.17. The lowest BCUT2D eigenvalue weighted by Gasteiger charge is -2.34. The lowest BCUT2D eigenvalue weighted by atomic mass is 9.93. The molecule has 2 saturated heterocycles. The molecule has 0 spiro atoms. The summed E-state index contributed by atoms with van der Waals surface area (Å²) in [6, 6.07) is 7.54. The molecule has 3 nitrogen and oxygen atoms in total. The molecule has 0 bridgehead atoms. The number of hydrogen-bond acceptors (Lipinski definition) is 3. The van der Waals surface area contributed by atoms with E-state index in [1.807, 2.05) is 0 Å². The second kappa shape index (κ2) is 5.92. The number of likely N-dealkylation sites (tertiary alicyclic amines) is 1. The van der Waals surface area contributed by atoms with Crippen LogP contribution in [0.25, 0.3) is 0 Å². The van der Waals surface area contributed by atoms with Crippen LogP contribution in [0.15, 0.2) is 18.2 Å². The SMILES string of the molecule is Cl.c1cc2c(cc1CN1CCC3NCCC3C1)CCO2. The molecule has 3 heterocycles. The van der Waals surface area contributed by atoms with Crippen LogP contribution in [-0.4, -0.2) is 37.2 Å². The fourth-order valence-corrected chi connectivity index (χ4v) is 3.86. The van der Waals surface area contributed by atoms with Crippen LogP contribution in [0.3, 0.4) is 0 Å². The number of piperidine rings is 1. The van der Waals surface area contributed by atoms with Gasteiger partial charge in [-0.3, -0.25) is 4.90 Å². The van der Waals surface area contributed by atoms with Gasteiger partial charge < -0.3 is 10.1 Å². The smallest absolute Gasteiger partial charge is 0.122 e. The highest BCUT2D eigenvalue weighted by Crippen LogP contribution is 2.28. The molecule has 20 heavy (non-hydrogen) atoms. The van der Waals surface area contributed by atoms with Crippen molar-refractivity contribution in [2.75, 3.05) is 26.2 Å². The predicted octanol–water partition coefficient (Wildman–Crippen LogP) is 2.23.